The molecule has 0 spiro atoms. The first-order valence-corrected chi connectivity index (χ1v) is 6.93. The third-order valence-corrected chi connectivity index (χ3v) is 3.90. The van der Waals surface area contributed by atoms with Gasteiger partial charge in [-0.25, -0.2) is 4.39 Å². The molecule has 3 rings (SSSR count). The van der Waals surface area contributed by atoms with Crippen molar-refractivity contribution in [3.05, 3.63) is 53.1 Å². The molecule has 1 fully saturated rings. The smallest absolute Gasteiger partial charge is 0.123 e. The summed E-state index contributed by atoms with van der Waals surface area (Å²) in [6, 6.07) is 7.10. The predicted molar refractivity (Wildman–Crippen MR) is 83.0 cm³/mol. The monoisotopic (exact) mass is 310 g/mol. The first kappa shape index (κ1) is 15.9. The van der Waals surface area contributed by atoms with Gasteiger partial charge >= 0.3 is 0 Å². The van der Waals surface area contributed by atoms with Crippen molar-refractivity contribution in [3.8, 4) is 0 Å². The SMILES string of the molecule is Cc1[nH]ncc1CN1CCNCC1c1cccc(F)c1.Cl. The molecule has 4 nitrogen and oxygen atoms in total. The number of aromatic nitrogens is 2. The van der Waals surface area contributed by atoms with Crippen molar-refractivity contribution < 1.29 is 4.39 Å². The molecule has 1 unspecified atom stereocenters. The van der Waals surface area contributed by atoms with E-state index in [1.54, 1.807) is 12.1 Å². The van der Waals surface area contributed by atoms with Crippen molar-refractivity contribution in [2.24, 2.45) is 0 Å². The minimum atomic E-state index is -0.174. The lowest BCUT2D eigenvalue weighted by atomic mass is 10.0. The Bertz CT molecular complexity index is 587. The first-order valence-electron chi connectivity index (χ1n) is 6.93. The van der Waals surface area contributed by atoms with Crippen LogP contribution in [0, 0.1) is 12.7 Å². The van der Waals surface area contributed by atoms with Crippen molar-refractivity contribution in [1.82, 2.24) is 20.4 Å². The molecule has 0 radical (unpaired) electrons. The fraction of sp³-hybridized carbons (Fsp3) is 0.400. The van der Waals surface area contributed by atoms with Gasteiger partial charge in [-0.1, -0.05) is 12.1 Å². The molecule has 2 aromatic rings. The number of aromatic amines is 1. The Morgan fingerprint density at radius 3 is 3.00 bits per heavy atom. The fourth-order valence-electron chi connectivity index (χ4n) is 2.73. The molecule has 1 saturated heterocycles. The molecule has 1 atom stereocenters. The molecule has 0 bridgehead atoms. The average molecular weight is 311 g/mol. The molecule has 6 heteroatoms. The van der Waals surface area contributed by atoms with Crippen molar-refractivity contribution in [3.63, 3.8) is 0 Å². The molecule has 1 aliphatic rings. The molecule has 0 amide bonds. The van der Waals surface area contributed by atoms with Gasteiger partial charge in [-0.05, 0) is 24.6 Å². The summed E-state index contributed by atoms with van der Waals surface area (Å²) >= 11 is 0. The Labute approximate surface area is 130 Å². The number of benzene rings is 1. The van der Waals surface area contributed by atoms with Crippen LogP contribution in [0.2, 0.25) is 0 Å². The van der Waals surface area contributed by atoms with Gasteiger partial charge in [0.25, 0.3) is 0 Å². The second-order valence-electron chi connectivity index (χ2n) is 5.27. The molecular formula is C15H20ClFN4. The van der Waals surface area contributed by atoms with Crippen LogP contribution in [0.25, 0.3) is 0 Å². The van der Waals surface area contributed by atoms with Gasteiger partial charge < -0.3 is 5.32 Å². The zero-order valence-corrected chi connectivity index (χ0v) is 12.8. The topological polar surface area (TPSA) is 44.0 Å². The van der Waals surface area contributed by atoms with Gasteiger partial charge in [0.2, 0.25) is 0 Å². The zero-order chi connectivity index (χ0) is 13.9. The van der Waals surface area contributed by atoms with Crippen molar-refractivity contribution in [2.75, 3.05) is 19.6 Å². The maximum atomic E-state index is 13.4. The van der Waals surface area contributed by atoms with E-state index in [9.17, 15) is 4.39 Å². The minimum Gasteiger partial charge on any atom is -0.314 e. The van der Waals surface area contributed by atoms with Gasteiger partial charge in [0.1, 0.15) is 5.82 Å². The predicted octanol–water partition coefficient (Wildman–Crippen LogP) is 2.43. The lowest BCUT2D eigenvalue weighted by Crippen LogP contribution is -2.45. The van der Waals surface area contributed by atoms with Crippen LogP contribution in [0.1, 0.15) is 22.9 Å². The van der Waals surface area contributed by atoms with Crippen molar-refractivity contribution >= 4 is 12.4 Å². The molecule has 1 aromatic carbocycles. The second-order valence-corrected chi connectivity index (χ2v) is 5.27. The summed E-state index contributed by atoms with van der Waals surface area (Å²) in [5.74, 6) is -0.174. The molecule has 21 heavy (non-hydrogen) atoms. The number of nitrogens with one attached hydrogen (secondary N) is 2. The highest BCUT2D eigenvalue weighted by Crippen LogP contribution is 2.25. The normalized spacial score (nSPS) is 19.2. The maximum Gasteiger partial charge on any atom is 0.123 e. The number of hydrogen-bond acceptors (Lipinski definition) is 3. The van der Waals surface area contributed by atoms with E-state index >= 15 is 0 Å². The van der Waals surface area contributed by atoms with E-state index in [4.69, 9.17) is 0 Å². The molecule has 2 N–H and O–H groups in total. The van der Waals surface area contributed by atoms with E-state index < -0.39 is 0 Å². The highest BCUT2D eigenvalue weighted by Gasteiger charge is 2.24. The largest absolute Gasteiger partial charge is 0.314 e. The standard InChI is InChI=1S/C15H19FN4.ClH/c1-11-13(8-18-19-11)10-20-6-5-17-9-15(20)12-3-2-4-14(16)7-12;/h2-4,7-8,15,17H,5-6,9-10H2,1H3,(H,18,19);1H. The molecule has 1 aliphatic heterocycles. The van der Waals surface area contributed by atoms with E-state index in [1.807, 2.05) is 19.2 Å². The van der Waals surface area contributed by atoms with E-state index in [2.05, 4.69) is 20.4 Å². The van der Waals surface area contributed by atoms with Crippen LogP contribution in [-0.2, 0) is 6.54 Å². The highest BCUT2D eigenvalue weighted by molar-refractivity contribution is 5.85. The number of halogens is 2. The minimum absolute atomic E-state index is 0. The second kappa shape index (κ2) is 7.02. The van der Waals surface area contributed by atoms with Gasteiger partial charge in [-0.15, -0.1) is 12.4 Å². The van der Waals surface area contributed by atoms with Gasteiger partial charge in [0.15, 0.2) is 0 Å². The third kappa shape index (κ3) is 3.61. The van der Waals surface area contributed by atoms with Crippen molar-refractivity contribution in [1.29, 1.82) is 0 Å². The van der Waals surface area contributed by atoms with E-state index in [1.165, 1.54) is 11.6 Å². The van der Waals surface area contributed by atoms with Crippen LogP contribution < -0.4 is 5.32 Å². The lowest BCUT2D eigenvalue weighted by molar-refractivity contribution is 0.153. The highest BCUT2D eigenvalue weighted by atomic mass is 35.5. The first-order chi connectivity index (χ1) is 9.74. The van der Waals surface area contributed by atoms with Gasteiger partial charge in [-0.2, -0.15) is 5.10 Å². The van der Waals surface area contributed by atoms with E-state index in [0.29, 0.717) is 0 Å². The summed E-state index contributed by atoms with van der Waals surface area (Å²) in [5, 5.41) is 10.4. The van der Waals surface area contributed by atoms with Crippen LogP contribution in [-0.4, -0.2) is 34.7 Å². The average Bonchev–Trinajstić information content (AvgIpc) is 2.85. The van der Waals surface area contributed by atoms with Crippen LogP contribution in [0.4, 0.5) is 4.39 Å². The van der Waals surface area contributed by atoms with Gasteiger partial charge in [0.05, 0.1) is 6.20 Å². The molecule has 0 saturated carbocycles. The quantitative estimate of drug-likeness (QED) is 0.915. The Kier molecular flexibility index (Phi) is 5.33. The summed E-state index contributed by atoms with van der Waals surface area (Å²) in [5.41, 5.74) is 3.33. The van der Waals surface area contributed by atoms with Crippen LogP contribution in [0.15, 0.2) is 30.5 Å². The molecule has 114 valence electrons. The third-order valence-electron chi connectivity index (χ3n) is 3.90. The van der Waals surface area contributed by atoms with Crippen LogP contribution in [0.5, 0.6) is 0 Å². The molecular weight excluding hydrogens is 291 g/mol. The van der Waals surface area contributed by atoms with Crippen LogP contribution in [0.3, 0.4) is 0 Å². The Morgan fingerprint density at radius 1 is 1.43 bits per heavy atom. The Morgan fingerprint density at radius 2 is 2.29 bits per heavy atom. The Hall–Kier alpha value is -1.43. The lowest BCUT2D eigenvalue weighted by Gasteiger charge is -2.36. The maximum absolute atomic E-state index is 13.4. The molecule has 2 heterocycles. The number of piperazine rings is 1. The number of nitrogens with zero attached hydrogens (tertiary/aromatic N) is 2. The summed E-state index contributed by atoms with van der Waals surface area (Å²) in [6.45, 7) is 5.63. The fourth-order valence-corrected chi connectivity index (χ4v) is 2.73. The molecule has 0 aliphatic carbocycles. The van der Waals surface area contributed by atoms with Crippen LogP contribution >= 0.6 is 12.4 Å². The van der Waals surface area contributed by atoms with Gasteiger partial charge in [-0.3, -0.25) is 10.00 Å². The van der Waals surface area contributed by atoms with E-state index in [0.717, 1.165) is 37.4 Å². The summed E-state index contributed by atoms with van der Waals surface area (Å²) < 4.78 is 13.4. The van der Waals surface area contributed by atoms with Crippen molar-refractivity contribution in [2.45, 2.75) is 19.5 Å². The summed E-state index contributed by atoms with van der Waals surface area (Å²) in [4.78, 5) is 2.38. The number of H-pyrrole nitrogens is 1. The summed E-state index contributed by atoms with van der Waals surface area (Å²) in [7, 11) is 0. The number of aryl methyl sites for hydroxylation is 1. The number of hydrogen-bond donors (Lipinski definition) is 2. The molecule has 1 aromatic heterocycles. The summed E-state index contributed by atoms with van der Waals surface area (Å²) in [6.07, 6.45) is 1.88. The van der Waals surface area contributed by atoms with Gasteiger partial charge in [0, 0.05) is 43.5 Å². The number of rotatable bonds is 3. The Balaban J connectivity index is 0.00000161. The zero-order valence-electron chi connectivity index (χ0n) is 12.0. The van der Waals surface area contributed by atoms with E-state index in [-0.39, 0.29) is 24.3 Å².